The average molecular weight is 333 g/mol. The van der Waals surface area contributed by atoms with Crippen molar-refractivity contribution in [3.05, 3.63) is 46.4 Å². The minimum atomic E-state index is -0.0123. The maximum absolute atomic E-state index is 12.5. The van der Waals surface area contributed by atoms with Crippen molar-refractivity contribution in [2.24, 2.45) is 0 Å². The van der Waals surface area contributed by atoms with Gasteiger partial charge in [0, 0.05) is 29.0 Å². The highest BCUT2D eigenvalue weighted by Gasteiger charge is 2.16. The van der Waals surface area contributed by atoms with E-state index in [1.165, 1.54) is 9.75 Å². The highest BCUT2D eigenvalue weighted by molar-refractivity contribution is 7.11. The summed E-state index contributed by atoms with van der Waals surface area (Å²) in [4.78, 5) is 22.9. The fourth-order valence-electron chi connectivity index (χ4n) is 2.04. The van der Waals surface area contributed by atoms with Crippen LogP contribution in [0.4, 0.5) is 0 Å². The molecule has 23 heavy (non-hydrogen) atoms. The number of carbonyl (C=O) groups excluding carboxylic acids is 1. The molecule has 0 atom stereocenters. The van der Waals surface area contributed by atoms with Crippen molar-refractivity contribution < 1.29 is 9.53 Å². The minimum Gasteiger partial charge on any atom is -0.482 e. The summed E-state index contributed by atoms with van der Waals surface area (Å²) in [7, 11) is 4.01. The van der Waals surface area contributed by atoms with E-state index in [9.17, 15) is 4.79 Å². The fourth-order valence-corrected chi connectivity index (χ4v) is 2.95. The van der Waals surface area contributed by atoms with Crippen LogP contribution in [0.25, 0.3) is 0 Å². The van der Waals surface area contributed by atoms with Crippen LogP contribution >= 0.6 is 11.3 Å². The molecule has 5 nitrogen and oxygen atoms in total. The third-order valence-corrected chi connectivity index (χ3v) is 4.29. The quantitative estimate of drug-likeness (QED) is 0.744. The van der Waals surface area contributed by atoms with E-state index >= 15 is 0 Å². The summed E-state index contributed by atoms with van der Waals surface area (Å²) < 4.78 is 5.53. The molecule has 1 amide bonds. The fraction of sp³-hybridized carbons (Fsp3) is 0.412. The maximum atomic E-state index is 12.5. The number of aryl methyl sites for hydroxylation is 1. The van der Waals surface area contributed by atoms with E-state index in [2.05, 4.69) is 28.9 Å². The smallest absolute Gasteiger partial charge is 0.260 e. The first kappa shape index (κ1) is 17.4. The summed E-state index contributed by atoms with van der Waals surface area (Å²) in [6, 6.07) is 7.75. The molecule has 0 aliphatic rings. The number of amides is 1. The normalized spacial score (nSPS) is 10.8. The van der Waals surface area contributed by atoms with Crippen LogP contribution in [0.2, 0.25) is 0 Å². The third kappa shape index (κ3) is 6.00. The molecule has 0 saturated heterocycles. The molecule has 2 aromatic rings. The van der Waals surface area contributed by atoms with Gasteiger partial charge >= 0.3 is 0 Å². The van der Waals surface area contributed by atoms with Crippen LogP contribution < -0.4 is 4.74 Å². The molecule has 0 unspecified atom stereocenters. The van der Waals surface area contributed by atoms with E-state index in [0.717, 1.165) is 6.54 Å². The van der Waals surface area contributed by atoms with Crippen molar-refractivity contribution in [2.75, 3.05) is 33.8 Å². The number of carbonyl (C=O) groups is 1. The Labute approximate surface area is 141 Å². The molecule has 2 aromatic heterocycles. The van der Waals surface area contributed by atoms with Crippen molar-refractivity contribution >= 4 is 17.2 Å². The zero-order chi connectivity index (χ0) is 16.7. The van der Waals surface area contributed by atoms with Crippen molar-refractivity contribution in [1.82, 2.24) is 14.8 Å². The topological polar surface area (TPSA) is 45.7 Å². The molecule has 0 aliphatic heterocycles. The van der Waals surface area contributed by atoms with E-state index in [1.54, 1.807) is 35.9 Å². The van der Waals surface area contributed by atoms with Crippen LogP contribution in [0, 0.1) is 6.92 Å². The second kappa shape index (κ2) is 8.64. The zero-order valence-electron chi connectivity index (χ0n) is 13.9. The lowest BCUT2D eigenvalue weighted by Crippen LogP contribution is -2.38. The molecule has 6 heteroatoms. The molecular weight excluding hydrogens is 310 g/mol. The Kier molecular flexibility index (Phi) is 6.55. The Morgan fingerprint density at radius 2 is 2.09 bits per heavy atom. The number of thiophene rings is 1. The van der Waals surface area contributed by atoms with Gasteiger partial charge in [0.25, 0.3) is 5.91 Å². The van der Waals surface area contributed by atoms with Crippen LogP contribution in [-0.4, -0.2) is 54.5 Å². The Hall–Kier alpha value is -1.92. The molecule has 124 valence electrons. The molecule has 0 fully saturated rings. The van der Waals surface area contributed by atoms with Crippen LogP contribution in [0.5, 0.6) is 5.75 Å². The first-order valence-corrected chi connectivity index (χ1v) is 8.37. The number of nitrogens with zero attached hydrogens (tertiary/aromatic N) is 3. The Bertz CT molecular complexity index is 613. The van der Waals surface area contributed by atoms with Gasteiger partial charge in [-0.2, -0.15) is 0 Å². The Morgan fingerprint density at radius 3 is 2.70 bits per heavy atom. The van der Waals surface area contributed by atoms with Crippen molar-refractivity contribution in [1.29, 1.82) is 0 Å². The molecule has 0 aromatic carbocycles. The molecule has 2 heterocycles. The van der Waals surface area contributed by atoms with E-state index in [0.29, 0.717) is 18.8 Å². The predicted octanol–water partition coefficient (Wildman–Crippen LogP) is 2.42. The molecule has 0 N–H and O–H groups in total. The van der Waals surface area contributed by atoms with Crippen LogP contribution in [-0.2, 0) is 11.3 Å². The first-order chi connectivity index (χ1) is 11.0. The molecule has 0 spiro atoms. The number of aromatic nitrogens is 1. The van der Waals surface area contributed by atoms with Gasteiger partial charge in [0.1, 0.15) is 5.75 Å². The summed E-state index contributed by atoms with van der Waals surface area (Å²) in [5, 5.41) is 0. The predicted molar refractivity (Wildman–Crippen MR) is 92.8 cm³/mol. The number of likely N-dealkylation sites (N-methyl/N-ethyl adjacent to an activating group) is 1. The van der Waals surface area contributed by atoms with Gasteiger partial charge in [-0.15, -0.1) is 11.3 Å². The summed E-state index contributed by atoms with van der Waals surface area (Å²) >= 11 is 1.72. The van der Waals surface area contributed by atoms with Gasteiger partial charge in [0.15, 0.2) is 6.61 Å². The minimum absolute atomic E-state index is 0.0123. The number of hydrogen-bond acceptors (Lipinski definition) is 5. The molecule has 2 rings (SSSR count). The van der Waals surface area contributed by atoms with Crippen LogP contribution in [0.1, 0.15) is 9.75 Å². The van der Waals surface area contributed by atoms with E-state index in [1.807, 2.05) is 19.0 Å². The molecule has 0 saturated carbocycles. The van der Waals surface area contributed by atoms with E-state index < -0.39 is 0 Å². The van der Waals surface area contributed by atoms with E-state index in [4.69, 9.17) is 4.74 Å². The number of pyridine rings is 1. The van der Waals surface area contributed by atoms with E-state index in [-0.39, 0.29) is 12.5 Å². The molecular formula is C17H23N3O2S. The van der Waals surface area contributed by atoms with Gasteiger partial charge < -0.3 is 14.5 Å². The van der Waals surface area contributed by atoms with Crippen molar-refractivity contribution in [2.45, 2.75) is 13.5 Å². The molecule has 0 aliphatic carbocycles. The monoisotopic (exact) mass is 333 g/mol. The second-order valence-corrected chi connectivity index (χ2v) is 6.98. The van der Waals surface area contributed by atoms with Gasteiger partial charge in [-0.05, 0) is 45.3 Å². The summed E-state index contributed by atoms with van der Waals surface area (Å²) in [6.07, 6.45) is 3.29. The number of hydrogen-bond donors (Lipinski definition) is 0. The molecule has 0 bridgehead atoms. The lowest BCUT2D eigenvalue weighted by atomic mass is 10.3. The zero-order valence-corrected chi connectivity index (χ0v) is 14.7. The Morgan fingerprint density at radius 1 is 1.26 bits per heavy atom. The lowest BCUT2D eigenvalue weighted by molar-refractivity contribution is -0.134. The number of rotatable bonds is 8. The van der Waals surface area contributed by atoms with Gasteiger partial charge in [0.05, 0.1) is 12.7 Å². The number of ether oxygens (including phenoxy) is 1. The largest absolute Gasteiger partial charge is 0.482 e. The average Bonchev–Trinajstić information content (AvgIpc) is 2.95. The second-order valence-electron chi connectivity index (χ2n) is 5.61. The van der Waals surface area contributed by atoms with Gasteiger partial charge in [0.2, 0.25) is 0 Å². The van der Waals surface area contributed by atoms with Gasteiger partial charge in [-0.1, -0.05) is 0 Å². The third-order valence-electron chi connectivity index (χ3n) is 3.31. The molecule has 0 radical (unpaired) electrons. The van der Waals surface area contributed by atoms with Gasteiger partial charge in [-0.3, -0.25) is 9.78 Å². The standard InChI is InChI=1S/C17H23N3O2S/c1-14-6-7-16(23-14)12-20(10-9-19(2)3)17(21)13-22-15-5-4-8-18-11-15/h4-8,11H,9-10,12-13H2,1-3H3. The highest BCUT2D eigenvalue weighted by Crippen LogP contribution is 2.17. The summed E-state index contributed by atoms with van der Waals surface area (Å²) in [6.45, 7) is 4.24. The van der Waals surface area contributed by atoms with Crippen LogP contribution in [0.3, 0.4) is 0 Å². The Balaban J connectivity index is 1.95. The lowest BCUT2D eigenvalue weighted by Gasteiger charge is -2.24. The first-order valence-electron chi connectivity index (χ1n) is 7.55. The highest BCUT2D eigenvalue weighted by atomic mass is 32.1. The maximum Gasteiger partial charge on any atom is 0.260 e. The van der Waals surface area contributed by atoms with Crippen LogP contribution in [0.15, 0.2) is 36.7 Å². The SMILES string of the molecule is Cc1ccc(CN(CCN(C)C)C(=O)COc2cccnc2)s1. The van der Waals surface area contributed by atoms with Gasteiger partial charge in [-0.25, -0.2) is 0 Å². The van der Waals surface area contributed by atoms with Crippen molar-refractivity contribution in [3.63, 3.8) is 0 Å². The summed E-state index contributed by atoms with van der Waals surface area (Å²) in [5.41, 5.74) is 0. The summed E-state index contributed by atoms with van der Waals surface area (Å²) in [5.74, 6) is 0.599. The van der Waals surface area contributed by atoms with Crippen molar-refractivity contribution in [3.8, 4) is 5.75 Å².